The Morgan fingerprint density at radius 3 is 2.67 bits per heavy atom. The predicted molar refractivity (Wildman–Crippen MR) is 154 cm³/mol. The van der Waals surface area contributed by atoms with Gasteiger partial charge in [-0.2, -0.15) is 0 Å². The van der Waals surface area contributed by atoms with Gasteiger partial charge < -0.3 is 24.1 Å². The first kappa shape index (κ1) is 25.8. The first-order chi connectivity index (χ1) is 19.5. The summed E-state index contributed by atoms with van der Waals surface area (Å²) in [5.41, 5.74) is 2.08. The molecule has 0 saturated carbocycles. The summed E-state index contributed by atoms with van der Waals surface area (Å²) in [6, 6.07) is 19.7. The van der Waals surface area contributed by atoms with E-state index in [0.717, 1.165) is 24.5 Å². The fraction of sp³-hybridized carbons (Fsp3) is 0.233. The van der Waals surface area contributed by atoms with Crippen LogP contribution in [0.2, 0.25) is 0 Å². The maximum atomic E-state index is 13.9. The van der Waals surface area contributed by atoms with Crippen molar-refractivity contribution in [3.05, 3.63) is 109 Å². The first-order valence-corrected chi connectivity index (χ1v) is 13.8. The topological polar surface area (TPSA) is 98.3 Å². The molecule has 0 spiro atoms. The number of fused-ring (bicyclic) bond motifs is 1. The van der Waals surface area contributed by atoms with Crippen molar-refractivity contribution in [1.82, 2.24) is 4.57 Å². The normalized spacial score (nSPS) is 17.4. The van der Waals surface area contributed by atoms with Crippen LogP contribution in [0.25, 0.3) is 6.08 Å². The zero-order chi connectivity index (χ0) is 27.6. The van der Waals surface area contributed by atoms with Crippen molar-refractivity contribution >= 4 is 34.9 Å². The fourth-order valence-corrected chi connectivity index (χ4v) is 5.99. The zero-order valence-corrected chi connectivity index (χ0v) is 22.9. The summed E-state index contributed by atoms with van der Waals surface area (Å²) in [6.45, 7) is 4.60. The van der Waals surface area contributed by atoms with E-state index in [0.29, 0.717) is 51.0 Å². The van der Waals surface area contributed by atoms with Crippen molar-refractivity contribution in [1.29, 1.82) is 0 Å². The predicted octanol–water partition coefficient (Wildman–Crippen LogP) is 3.31. The summed E-state index contributed by atoms with van der Waals surface area (Å²) < 4.78 is 19.0. The molecule has 1 amide bonds. The SMILES string of the molecule is COc1cccc([C@@H]2C(C(=O)Nc3ccccc3)=C(C)N=c3s/c(=C\c4ccc(N5CCOCC5)o4)c(=O)n32)c1. The Labute approximate surface area is 234 Å². The van der Waals surface area contributed by atoms with Gasteiger partial charge in [0.25, 0.3) is 11.5 Å². The Kier molecular flexibility index (Phi) is 7.10. The molecule has 1 saturated heterocycles. The number of nitrogens with zero attached hydrogens (tertiary/aromatic N) is 3. The smallest absolute Gasteiger partial charge is 0.271 e. The standard InChI is InChI=1S/C30H28N4O5S/c1-19-26(28(35)32-21-8-4-3-5-9-21)27(20-7-6-10-22(17-20)37-2)34-29(36)24(40-30(34)31-19)18-23-11-12-25(39-23)33-13-15-38-16-14-33/h3-12,17-18,27H,13-16H2,1-2H3,(H,32,35)/b24-18-/t27-/m1/s1. The van der Waals surface area contributed by atoms with E-state index in [1.165, 1.54) is 11.3 Å². The second-order valence-corrected chi connectivity index (χ2v) is 10.5. The van der Waals surface area contributed by atoms with Crippen LogP contribution in [0.15, 0.2) is 92.2 Å². The van der Waals surface area contributed by atoms with Gasteiger partial charge in [-0.15, -0.1) is 0 Å². The molecule has 40 heavy (non-hydrogen) atoms. The van der Waals surface area contributed by atoms with E-state index in [2.05, 4.69) is 10.2 Å². The number of methoxy groups -OCH3 is 1. The number of aromatic nitrogens is 1. The van der Waals surface area contributed by atoms with Crippen LogP contribution in [0.4, 0.5) is 11.6 Å². The van der Waals surface area contributed by atoms with Gasteiger partial charge in [0.2, 0.25) is 0 Å². The van der Waals surface area contributed by atoms with E-state index in [1.54, 1.807) is 24.7 Å². The van der Waals surface area contributed by atoms with Crippen molar-refractivity contribution in [3.63, 3.8) is 0 Å². The van der Waals surface area contributed by atoms with Gasteiger partial charge in [-0.05, 0) is 42.8 Å². The van der Waals surface area contributed by atoms with Crippen LogP contribution in [0.3, 0.4) is 0 Å². The zero-order valence-electron chi connectivity index (χ0n) is 22.1. The molecule has 10 heteroatoms. The van der Waals surface area contributed by atoms with Crippen LogP contribution in [-0.2, 0) is 9.53 Å². The average Bonchev–Trinajstić information content (AvgIpc) is 3.57. The molecule has 2 aromatic heterocycles. The monoisotopic (exact) mass is 556 g/mol. The van der Waals surface area contributed by atoms with Crippen LogP contribution >= 0.6 is 11.3 Å². The van der Waals surface area contributed by atoms with Crippen molar-refractivity contribution in [3.8, 4) is 5.75 Å². The van der Waals surface area contributed by atoms with Gasteiger partial charge in [0, 0.05) is 30.9 Å². The molecule has 1 fully saturated rings. The van der Waals surface area contributed by atoms with E-state index < -0.39 is 6.04 Å². The lowest BCUT2D eigenvalue weighted by Crippen LogP contribution is -2.40. The minimum atomic E-state index is -0.697. The number of morpholine rings is 1. The van der Waals surface area contributed by atoms with Crippen molar-refractivity contribution in [2.45, 2.75) is 13.0 Å². The summed E-state index contributed by atoms with van der Waals surface area (Å²) in [7, 11) is 1.59. The minimum absolute atomic E-state index is 0.251. The van der Waals surface area contributed by atoms with Gasteiger partial charge in [0.15, 0.2) is 10.7 Å². The number of hydrogen-bond acceptors (Lipinski definition) is 8. The third kappa shape index (κ3) is 4.99. The highest BCUT2D eigenvalue weighted by atomic mass is 32.1. The third-order valence-electron chi connectivity index (χ3n) is 6.92. The van der Waals surface area contributed by atoms with E-state index in [9.17, 15) is 9.59 Å². The number of nitrogens with one attached hydrogen (secondary N) is 1. The second-order valence-electron chi connectivity index (χ2n) is 9.45. The molecule has 6 rings (SSSR count). The van der Waals surface area contributed by atoms with E-state index in [1.807, 2.05) is 66.7 Å². The molecule has 0 radical (unpaired) electrons. The minimum Gasteiger partial charge on any atom is -0.497 e. The summed E-state index contributed by atoms with van der Waals surface area (Å²) in [6.07, 6.45) is 1.74. The van der Waals surface area contributed by atoms with Crippen molar-refractivity contribution in [2.24, 2.45) is 4.99 Å². The molecule has 0 aliphatic carbocycles. The van der Waals surface area contributed by atoms with Crippen molar-refractivity contribution < 1.29 is 18.7 Å². The van der Waals surface area contributed by atoms with E-state index in [4.69, 9.17) is 18.9 Å². The summed E-state index contributed by atoms with van der Waals surface area (Å²) in [4.78, 5) is 34.9. The number of anilines is 2. The number of carbonyl (C=O) groups is 1. The number of para-hydroxylation sites is 1. The van der Waals surface area contributed by atoms with Crippen LogP contribution in [0.1, 0.15) is 24.3 Å². The van der Waals surface area contributed by atoms with Crippen LogP contribution < -0.4 is 29.8 Å². The van der Waals surface area contributed by atoms with Gasteiger partial charge in [-0.3, -0.25) is 14.2 Å². The molecule has 2 aliphatic rings. The summed E-state index contributed by atoms with van der Waals surface area (Å²) in [5.74, 6) is 1.62. The van der Waals surface area contributed by atoms with E-state index in [-0.39, 0.29) is 11.5 Å². The molecule has 4 heterocycles. The summed E-state index contributed by atoms with van der Waals surface area (Å²) in [5, 5.41) is 2.96. The molecule has 0 unspecified atom stereocenters. The number of amides is 1. The van der Waals surface area contributed by atoms with Crippen LogP contribution in [0, 0.1) is 0 Å². The number of thiazole rings is 1. The highest BCUT2D eigenvalue weighted by molar-refractivity contribution is 7.07. The second kappa shape index (κ2) is 11.0. The molecule has 4 aromatic rings. The molecule has 2 aliphatic heterocycles. The lowest BCUT2D eigenvalue weighted by molar-refractivity contribution is -0.113. The number of rotatable bonds is 6. The fourth-order valence-electron chi connectivity index (χ4n) is 4.96. The maximum absolute atomic E-state index is 13.9. The van der Waals surface area contributed by atoms with Crippen molar-refractivity contribution in [2.75, 3.05) is 43.6 Å². The molecular weight excluding hydrogens is 528 g/mol. The molecule has 0 bridgehead atoms. The average molecular weight is 557 g/mol. The molecule has 2 aromatic carbocycles. The molecule has 1 atom stereocenters. The third-order valence-corrected chi connectivity index (χ3v) is 7.90. The quantitative estimate of drug-likeness (QED) is 0.391. The van der Waals surface area contributed by atoms with Gasteiger partial charge in [0.1, 0.15) is 11.5 Å². The molecular formula is C30H28N4O5S. The van der Waals surface area contributed by atoms with E-state index >= 15 is 0 Å². The van der Waals surface area contributed by atoms with Gasteiger partial charge in [0.05, 0.1) is 42.2 Å². The molecule has 9 nitrogen and oxygen atoms in total. The van der Waals surface area contributed by atoms with Gasteiger partial charge >= 0.3 is 0 Å². The number of ether oxygens (including phenoxy) is 2. The van der Waals surface area contributed by atoms with Gasteiger partial charge in [-0.1, -0.05) is 41.7 Å². The summed E-state index contributed by atoms with van der Waals surface area (Å²) >= 11 is 1.27. The van der Waals surface area contributed by atoms with Crippen LogP contribution in [0.5, 0.6) is 5.75 Å². The Hall–Kier alpha value is -4.41. The number of benzene rings is 2. The lowest BCUT2D eigenvalue weighted by atomic mass is 9.95. The van der Waals surface area contributed by atoms with Crippen LogP contribution in [-0.4, -0.2) is 43.9 Å². The Morgan fingerprint density at radius 2 is 1.90 bits per heavy atom. The Balaban J connectivity index is 1.44. The van der Waals surface area contributed by atoms with Gasteiger partial charge in [-0.25, -0.2) is 4.99 Å². The Morgan fingerprint density at radius 1 is 1.10 bits per heavy atom. The number of furan rings is 1. The first-order valence-electron chi connectivity index (χ1n) is 13.0. The number of carbonyl (C=O) groups excluding carboxylic acids is 1. The maximum Gasteiger partial charge on any atom is 0.271 e. The highest BCUT2D eigenvalue weighted by Gasteiger charge is 2.33. The number of allylic oxidation sites excluding steroid dienone is 1. The largest absolute Gasteiger partial charge is 0.497 e. The molecule has 1 N–H and O–H groups in total. The molecule has 204 valence electrons. The Bertz CT molecular complexity index is 1760. The highest BCUT2D eigenvalue weighted by Crippen LogP contribution is 2.32. The lowest BCUT2D eigenvalue weighted by Gasteiger charge is -2.26. The number of hydrogen-bond donors (Lipinski definition) is 1.